The van der Waals surface area contributed by atoms with E-state index in [4.69, 9.17) is 0 Å². The summed E-state index contributed by atoms with van der Waals surface area (Å²) in [5, 5.41) is 11.5. The lowest BCUT2D eigenvalue weighted by Gasteiger charge is -2.53. The Bertz CT molecular complexity index is 1690. The number of rotatable bonds is 6. The first-order chi connectivity index (χ1) is 19.8. The quantitative estimate of drug-likeness (QED) is 0.141. The number of nitrogens with zero attached hydrogens (tertiary/aromatic N) is 2. The van der Waals surface area contributed by atoms with Crippen molar-refractivity contribution in [2.24, 2.45) is 5.92 Å². The van der Waals surface area contributed by atoms with Crippen LogP contribution in [0.4, 0.5) is 11.4 Å². The molecule has 1 aliphatic heterocycles. The topological polar surface area (TPSA) is 63.4 Å². The van der Waals surface area contributed by atoms with Crippen molar-refractivity contribution < 1.29 is 9.72 Å². The number of nitro groups is 1. The van der Waals surface area contributed by atoms with E-state index >= 15 is 0 Å². The van der Waals surface area contributed by atoms with E-state index in [0.29, 0.717) is 5.56 Å². The molecule has 0 fully saturated rings. The van der Waals surface area contributed by atoms with Crippen molar-refractivity contribution in [3.8, 4) is 0 Å². The minimum absolute atomic E-state index is 0.0217. The summed E-state index contributed by atoms with van der Waals surface area (Å²) in [6.07, 6.45) is 5.23. The van der Waals surface area contributed by atoms with Crippen LogP contribution in [0, 0.1) is 16.0 Å². The summed E-state index contributed by atoms with van der Waals surface area (Å²) in [5.41, 5.74) is 5.54. The van der Waals surface area contributed by atoms with Crippen molar-refractivity contribution in [2.75, 3.05) is 11.9 Å². The van der Waals surface area contributed by atoms with Crippen molar-refractivity contribution in [1.29, 1.82) is 0 Å². The number of hydrogen-bond acceptors (Lipinski definition) is 4. The second-order valence-electron chi connectivity index (χ2n) is 11.1. The van der Waals surface area contributed by atoms with Crippen LogP contribution >= 0.6 is 0 Å². The van der Waals surface area contributed by atoms with Crippen LogP contribution in [0.25, 0.3) is 11.1 Å². The van der Waals surface area contributed by atoms with Gasteiger partial charge < -0.3 is 4.90 Å². The Labute approximate surface area is 240 Å². The van der Waals surface area contributed by atoms with Crippen molar-refractivity contribution in [3.63, 3.8) is 0 Å². The molecule has 3 unspecified atom stereocenters. The highest BCUT2D eigenvalue weighted by Gasteiger charge is 2.63. The van der Waals surface area contributed by atoms with E-state index in [9.17, 15) is 14.9 Å². The first-order valence-corrected chi connectivity index (χ1v) is 14.0. The number of likely N-dealkylation sites (N-methyl/N-ethyl adjacent to an activating group) is 1. The second-order valence-corrected chi connectivity index (χ2v) is 11.1. The normalized spacial score (nSPS) is 23.1. The van der Waals surface area contributed by atoms with Gasteiger partial charge in [0.1, 0.15) is 0 Å². The van der Waals surface area contributed by atoms with E-state index < -0.39 is 21.8 Å². The highest BCUT2D eigenvalue weighted by Crippen LogP contribution is 2.61. The summed E-state index contributed by atoms with van der Waals surface area (Å²) in [6, 6.07) is 34.8. The molecule has 0 amide bonds. The maximum atomic E-state index is 14.9. The molecule has 0 radical (unpaired) electrons. The maximum absolute atomic E-state index is 14.9. The predicted octanol–water partition coefficient (Wildman–Crippen LogP) is 8.13. The van der Waals surface area contributed by atoms with E-state index in [1.165, 1.54) is 17.7 Å². The van der Waals surface area contributed by atoms with Gasteiger partial charge in [-0.15, -0.1) is 0 Å². The number of non-ortho nitro benzene ring substituents is 1. The van der Waals surface area contributed by atoms with Gasteiger partial charge in [0.15, 0.2) is 5.78 Å². The summed E-state index contributed by atoms with van der Waals surface area (Å²) < 4.78 is 0. The number of carbonyl (C=O) groups is 1. The number of fused-ring (bicyclic) bond motifs is 1. The number of carbonyl (C=O) groups excluding carboxylic acids is 1. The van der Waals surface area contributed by atoms with Gasteiger partial charge in [-0.05, 0) is 64.6 Å². The van der Waals surface area contributed by atoms with Gasteiger partial charge in [-0.2, -0.15) is 0 Å². The number of para-hydroxylation sites is 1. The number of nitro benzene ring substituents is 1. The largest absolute Gasteiger partial charge is 0.363 e. The molecule has 0 saturated heterocycles. The molecule has 5 heteroatoms. The molecule has 6 rings (SSSR count). The summed E-state index contributed by atoms with van der Waals surface area (Å²) in [7, 11) is 2.10. The van der Waals surface area contributed by atoms with Crippen molar-refractivity contribution in [3.05, 3.63) is 154 Å². The number of allylic oxidation sites excluding steroid dienone is 2. The molecule has 1 heterocycles. The zero-order valence-electron chi connectivity index (χ0n) is 23.5. The van der Waals surface area contributed by atoms with Gasteiger partial charge in [0, 0.05) is 35.8 Å². The van der Waals surface area contributed by atoms with Crippen molar-refractivity contribution in [1.82, 2.24) is 0 Å². The number of ketones is 1. The standard InChI is InChI=1S/C36H32N2O3/c1-4-35(2)31-17-11-12-18-32(31)37(3)36(35)24-28(25-13-7-5-8-14-25)23-30(26-19-21-29(22-20-26)38(40)41)33(36)34(39)27-15-9-6-10-16-27/h5-24,33H,4H2,1-3H3. The Kier molecular flexibility index (Phi) is 6.46. The zero-order valence-corrected chi connectivity index (χ0v) is 23.5. The molecule has 41 heavy (non-hydrogen) atoms. The molecule has 4 aromatic carbocycles. The molecule has 3 atom stereocenters. The van der Waals surface area contributed by atoms with Crippen LogP contribution in [0.15, 0.2) is 121 Å². The van der Waals surface area contributed by atoms with Gasteiger partial charge in [0.25, 0.3) is 5.69 Å². The molecule has 1 spiro atoms. The van der Waals surface area contributed by atoms with Gasteiger partial charge in [-0.25, -0.2) is 0 Å². The Balaban J connectivity index is 1.69. The minimum atomic E-state index is -0.755. The highest BCUT2D eigenvalue weighted by molar-refractivity contribution is 6.10. The highest BCUT2D eigenvalue weighted by atomic mass is 16.6. The molecular formula is C36H32N2O3. The fraction of sp³-hybridized carbons (Fsp3) is 0.194. The lowest BCUT2D eigenvalue weighted by atomic mass is 9.55. The minimum Gasteiger partial charge on any atom is -0.363 e. The van der Waals surface area contributed by atoms with Crippen LogP contribution in [-0.4, -0.2) is 23.3 Å². The van der Waals surface area contributed by atoms with Gasteiger partial charge in [0.05, 0.1) is 16.4 Å². The van der Waals surface area contributed by atoms with Crippen LogP contribution in [0.5, 0.6) is 0 Å². The lowest BCUT2D eigenvalue weighted by molar-refractivity contribution is -0.384. The van der Waals surface area contributed by atoms with E-state index in [-0.39, 0.29) is 11.5 Å². The van der Waals surface area contributed by atoms with E-state index in [1.54, 1.807) is 12.1 Å². The molecule has 204 valence electrons. The summed E-state index contributed by atoms with van der Waals surface area (Å²) in [6.45, 7) is 4.47. The number of Topliss-reactive ketones (excluding diaryl/α,β-unsaturated/α-hetero) is 1. The summed E-state index contributed by atoms with van der Waals surface area (Å²) >= 11 is 0. The van der Waals surface area contributed by atoms with E-state index in [0.717, 1.165) is 34.4 Å². The molecule has 5 nitrogen and oxygen atoms in total. The molecule has 4 aromatic rings. The van der Waals surface area contributed by atoms with Crippen LogP contribution < -0.4 is 4.90 Å². The molecule has 1 aliphatic carbocycles. The predicted molar refractivity (Wildman–Crippen MR) is 165 cm³/mol. The molecule has 0 aromatic heterocycles. The molecule has 2 aliphatic rings. The second kappa shape index (κ2) is 10.0. The first-order valence-electron chi connectivity index (χ1n) is 14.0. The van der Waals surface area contributed by atoms with E-state index in [2.05, 4.69) is 74.3 Å². The average Bonchev–Trinajstić information content (AvgIpc) is 3.21. The fourth-order valence-corrected chi connectivity index (χ4v) is 7.04. The van der Waals surface area contributed by atoms with Gasteiger partial charge >= 0.3 is 0 Å². The number of anilines is 1. The van der Waals surface area contributed by atoms with E-state index in [1.807, 2.05) is 48.5 Å². The molecule has 0 saturated carbocycles. The lowest BCUT2D eigenvalue weighted by Crippen LogP contribution is -2.62. The Morgan fingerprint density at radius 3 is 2.10 bits per heavy atom. The fourth-order valence-electron chi connectivity index (χ4n) is 7.04. The first kappa shape index (κ1) is 26.5. The Morgan fingerprint density at radius 2 is 1.46 bits per heavy atom. The molecule has 0 N–H and O–H groups in total. The van der Waals surface area contributed by atoms with Gasteiger partial charge in [0.2, 0.25) is 0 Å². The van der Waals surface area contributed by atoms with Crippen LogP contribution in [0.1, 0.15) is 47.3 Å². The zero-order chi connectivity index (χ0) is 28.8. The number of hydrogen-bond donors (Lipinski definition) is 0. The van der Waals surface area contributed by atoms with Crippen molar-refractivity contribution in [2.45, 2.75) is 31.2 Å². The third-order valence-electron chi connectivity index (χ3n) is 9.28. The average molecular weight is 541 g/mol. The maximum Gasteiger partial charge on any atom is 0.269 e. The van der Waals surface area contributed by atoms with Gasteiger partial charge in [-0.1, -0.05) is 92.7 Å². The third-order valence-corrected chi connectivity index (χ3v) is 9.28. The summed E-state index contributed by atoms with van der Waals surface area (Å²) in [5.74, 6) is -0.556. The molecular weight excluding hydrogens is 508 g/mol. The van der Waals surface area contributed by atoms with Gasteiger partial charge in [-0.3, -0.25) is 14.9 Å². The smallest absolute Gasteiger partial charge is 0.269 e. The Hall–Kier alpha value is -4.77. The third kappa shape index (κ3) is 3.95. The summed E-state index contributed by atoms with van der Waals surface area (Å²) in [4.78, 5) is 28.3. The van der Waals surface area contributed by atoms with Crippen LogP contribution in [-0.2, 0) is 5.41 Å². The monoisotopic (exact) mass is 540 g/mol. The SMILES string of the molecule is CCC1(C)c2ccccc2N(C)C12C=C(c1ccccc1)C=C(c1ccc([N+](=O)[O-])cc1)C2C(=O)c1ccccc1. The van der Waals surface area contributed by atoms with Crippen LogP contribution in [0.3, 0.4) is 0 Å². The van der Waals surface area contributed by atoms with Crippen LogP contribution in [0.2, 0.25) is 0 Å². The number of benzene rings is 4. The van der Waals surface area contributed by atoms with Crippen molar-refractivity contribution >= 4 is 28.3 Å². The molecule has 0 bridgehead atoms. The Morgan fingerprint density at radius 1 is 0.854 bits per heavy atom.